The van der Waals surface area contributed by atoms with E-state index in [0.29, 0.717) is 13.0 Å². The lowest BCUT2D eigenvalue weighted by Crippen LogP contribution is -2.32. The molecule has 3 aromatic carbocycles. The zero-order valence-corrected chi connectivity index (χ0v) is 19.7. The highest BCUT2D eigenvalue weighted by atomic mass is 19.3. The third-order valence-corrected chi connectivity index (χ3v) is 4.94. The summed E-state index contributed by atoms with van der Waals surface area (Å²) in [6.45, 7) is 3.44. The van der Waals surface area contributed by atoms with Gasteiger partial charge in [0.15, 0.2) is 18.1 Å². The Labute approximate surface area is 202 Å². The van der Waals surface area contributed by atoms with E-state index in [2.05, 4.69) is 6.92 Å². The Kier molecular flexibility index (Phi) is 9.23. The van der Waals surface area contributed by atoms with E-state index in [0.717, 1.165) is 41.9 Å². The second kappa shape index (κ2) is 12.3. The van der Waals surface area contributed by atoms with Gasteiger partial charge in [0, 0.05) is 0 Å². The third kappa shape index (κ3) is 7.53. The van der Waals surface area contributed by atoms with Gasteiger partial charge in [-0.25, -0.2) is 0 Å². The Morgan fingerprint density at radius 1 is 0.629 bits per heavy atom. The average Bonchev–Trinajstić information content (AvgIpc) is 2.85. The van der Waals surface area contributed by atoms with Crippen molar-refractivity contribution in [3.63, 3.8) is 0 Å². The van der Waals surface area contributed by atoms with Gasteiger partial charge in [0.1, 0.15) is 11.5 Å². The fourth-order valence-electron chi connectivity index (χ4n) is 3.11. The van der Waals surface area contributed by atoms with Crippen LogP contribution >= 0.6 is 0 Å². The van der Waals surface area contributed by atoms with Crippen LogP contribution in [0.25, 0.3) is 11.1 Å². The number of rotatable bonds is 13. The van der Waals surface area contributed by atoms with Crippen molar-refractivity contribution >= 4 is 0 Å². The van der Waals surface area contributed by atoms with Crippen molar-refractivity contribution in [2.75, 3.05) is 19.8 Å². The number of alkyl halides is 2. The van der Waals surface area contributed by atoms with E-state index in [1.54, 1.807) is 12.1 Å². The summed E-state index contributed by atoms with van der Waals surface area (Å²) in [5.74, 6) is -3.00. The molecular weight excluding hydrogens is 464 g/mol. The topological polar surface area (TPSA) is 36.9 Å². The summed E-state index contributed by atoms with van der Waals surface area (Å²) in [6, 6.07) is 15.7. The largest absolute Gasteiger partial charge is 0.494 e. The van der Waals surface area contributed by atoms with Gasteiger partial charge >= 0.3 is 6.11 Å². The number of unbranched alkanes of at least 4 members (excludes halogenated alkanes) is 1. The Hall–Kier alpha value is -3.42. The second-order valence-corrected chi connectivity index (χ2v) is 7.82. The monoisotopic (exact) mass is 492 g/mol. The lowest BCUT2D eigenvalue weighted by atomic mass is 10.1. The molecule has 0 aliphatic rings. The van der Waals surface area contributed by atoms with E-state index in [1.807, 2.05) is 31.2 Å². The fourth-order valence-corrected chi connectivity index (χ4v) is 3.11. The van der Waals surface area contributed by atoms with Gasteiger partial charge in [0.2, 0.25) is 11.6 Å². The van der Waals surface area contributed by atoms with Gasteiger partial charge in [-0.05, 0) is 60.4 Å². The molecule has 0 saturated carbocycles. The maximum Gasteiger partial charge on any atom is 0.432 e. The van der Waals surface area contributed by atoms with Crippen molar-refractivity contribution in [3.05, 3.63) is 72.3 Å². The molecule has 0 aromatic heterocycles. The number of ether oxygens (including phenoxy) is 4. The van der Waals surface area contributed by atoms with E-state index in [-0.39, 0.29) is 18.1 Å². The van der Waals surface area contributed by atoms with Crippen LogP contribution in [0.2, 0.25) is 0 Å². The minimum absolute atomic E-state index is 0.100. The van der Waals surface area contributed by atoms with Crippen LogP contribution in [0.5, 0.6) is 23.0 Å². The molecule has 3 rings (SSSR count). The van der Waals surface area contributed by atoms with Crippen LogP contribution in [0.1, 0.15) is 33.1 Å². The molecule has 0 saturated heterocycles. The van der Waals surface area contributed by atoms with Crippen molar-refractivity contribution in [1.82, 2.24) is 0 Å². The minimum Gasteiger partial charge on any atom is -0.494 e. The summed E-state index contributed by atoms with van der Waals surface area (Å²) < 4.78 is 76.9. The number of benzene rings is 3. The highest BCUT2D eigenvalue weighted by Crippen LogP contribution is 2.30. The van der Waals surface area contributed by atoms with Crippen molar-refractivity contribution < 1.29 is 36.5 Å². The molecule has 3 aromatic rings. The Morgan fingerprint density at radius 3 is 1.71 bits per heavy atom. The van der Waals surface area contributed by atoms with Crippen LogP contribution in [0, 0.1) is 11.6 Å². The predicted molar refractivity (Wildman–Crippen MR) is 125 cm³/mol. The Bertz CT molecular complexity index is 1070. The van der Waals surface area contributed by atoms with Crippen molar-refractivity contribution in [2.24, 2.45) is 0 Å². The van der Waals surface area contributed by atoms with Crippen LogP contribution in [0.3, 0.4) is 0 Å². The Balaban J connectivity index is 1.57. The molecule has 0 amide bonds. The Morgan fingerprint density at radius 2 is 1.17 bits per heavy atom. The molecule has 0 spiro atoms. The van der Waals surface area contributed by atoms with E-state index in [9.17, 15) is 17.6 Å². The van der Waals surface area contributed by atoms with Crippen molar-refractivity contribution in [3.8, 4) is 34.1 Å². The van der Waals surface area contributed by atoms with E-state index < -0.39 is 30.1 Å². The van der Waals surface area contributed by atoms with Crippen LogP contribution in [-0.4, -0.2) is 25.9 Å². The third-order valence-electron chi connectivity index (χ3n) is 4.94. The maximum absolute atomic E-state index is 14.3. The van der Waals surface area contributed by atoms with Crippen molar-refractivity contribution in [2.45, 2.75) is 39.2 Å². The first kappa shape index (κ1) is 26.2. The zero-order chi connectivity index (χ0) is 25.3. The number of hydrogen-bond acceptors (Lipinski definition) is 4. The van der Waals surface area contributed by atoms with Gasteiger partial charge in [-0.15, -0.1) is 0 Å². The molecular formula is C27H28F4O4. The highest BCUT2D eigenvalue weighted by molar-refractivity contribution is 5.64. The molecule has 0 aliphatic heterocycles. The van der Waals surface area contributed by atoms with Crippen LogP contribution in [0.15, 0.2) is 60.7 Å². The summed E-state index contributed by atoms with van der Waals surface area (Å²) in [5.41, 5.74) is 1.69. The molecule has 0 bridgehead atoms. The van der Waals surface area contributed by atoms with E-state index >= 15 is 0 Å². The quantitative estimate of drug-likeness (QED) is 0.181. The van der Waals surface area contributed by atoms with Gasteiger partial charge in [-0.1, -0.05) is 44.5 Å². The minimum atomic E-state index is -3.78. The number of halogens is 4. The molecule has 0 aliphatic carbocycles. The normalized spacial score (nSPS) is 11.3. The molecule has 0 N–H and O–H groups in total. The van der Waals surface area contributed by atoms with Gasteiger partial charge in [0.05, 0.1) is 13.2 Å². The van der Waals surface area contributed by atoms with Gasteiger partial charge < -0.3 is 18.9 Å². The van der Waals surface area contributed by atoms with Gasteiger partial charge in [0.25, 0.3) is 0 Å². The molecule has 188 valence electrons. The molecule has 35 heavy (non-hydrogen) atoms. The van der Waals surface area contributed by atoms with Gasteiger partial charge in [-0.2, -0.15) is 17.6 Å². The van der Waals surface area contributed by atoms with Crippen LogP contribution < -0.4 is 18.9 Å². The summed E-state index contributed by atoms with van der Waals surface area (Å²) in [7, 11) is 0. The predicted octanol–water partition coefficient (Wildman–Crippen LogP) is 7.65. The fraction of sp³-hybridized carbons (Fsp3) is 0.333. The molecule has 0 unspecified atom stereocenters. The lowest BCUT2D eigenvalue weighted by molar-refractivity contribution is -0.195. The second-order valence-electron chi connectivity index (χ2n) is 7.82. The molecule has 0 radical (unpaired) electrons. The average molecular weight is 493 g/mol. The highest BCUT2D eigenvalue weighted by Gasteiger charge is 2.34. The summed E-state index contributed by atoms with van der Waals surface area (Å²) in [6.07, 6.45) is -1.15. The van der Waals surface area contributed by atoms with Crippen LogP contribution in [0.4, 0.5) is 17.6 Å². The first-order chi connectivity index (χ1) is 16.8. The van der Waals surface area contributed by atoms with Crippen molar-refractivity contribution in [1.29, 1.82) is 0 Å². The van der Waals surface area contributed by atoms with Gasteiger partial charge in [-0.3, -0.25) is 0 Å². The smallest absolute Gasteiger partial charge is 0.432 e. The molecule has 0 fully saturated rings. The standard InChI is InChI=1S/C27H28F4O4/c1-3-5-17-32-21-10-6-19(7-11-21)20-8-12-22(13-9-20)35-27(30,31)18-34-24-15-14-23(33-16-4-2)25(28)26(24)29/h6-15H,3-5,16-18H2,1-2H3. The summed E-state index contributed by atoms with van der Waals surface area (Å²) >= 11 is 0. The zero-order valence-electron chi connectivity index (χ0n) is 19.7. The van der Waals surface area contributed by atoms with E-state index in [4.69, 9.17) is 18.9 Å². The SMILES string of the molecule is CCCCOc1ccc(-c2ccc(OC(F)(F)COc3ccc(OCCC)c(F)c3F)cc2)cc1. The number of hydrogen-bond donors (Lipinski definition) is 0. The molecule has 4 nitrogen and oxygen atoms in total. The lowest BCUT2D eigenvalue weighted by Gasteiger charge is -2.19. The molecule has 8 heteroatoms. The molecule has 0 atom stereocenters. The first-order valence-electron chi connectivity index (χ1n) is 11.5. The first-order valence-corrected chi connectivity index (χ1v) is 11.5. The summed E-state index contributed by atoms with van der Waals surface area (Å²) in [5, 5.41) is 0. The van der Waals surface area contributed by atoms with E-state index in [1.165, 1.54) is 12.1 Å². The summed E-state index contributed by atoms with van der Waals surface area (Å²) in [4.78, 5) is 0. The maximum atomic E-state index is 14.3. The van der Waals surface area contributed by atoms with Crippen LogP contribution in [-0.2, 0) is 0 Å². The molecule has 0 heterocycles.